The molecule has 2 heterocycles. The Labute approximate surface area is 221 Å². The van der Waals surface area contributed by atoms with Gasteiger partial charge in [-0.05, 0) is 12.1 Å². The highest BCUT2D eigenvalue weighted by molar-refractivity contribution is 6.76. The third kappa shape index (κ3) is 12.7. The highest BCUT2D eigenvalue weighted by Crippen LogP contribution is 2.10. The van der Waals surface area contributed by atoms with Crippen molar-refractivity contribution in [1.29, 1.82) is 5.26 Å². The number of ketones is 2. The second kappa shape index (κ2) is 14.7. The minimum atomic E-state index is -1.11. The minimum Gasteiger partial charge on any atom is -0.411 e. The summed E-state index contributed by atoms with van der Waals surface area (Å²) in [5.41, 5.74) is 0.643. The summed E-state index contributed by atoms with van der Waals surface area (Å²) in [6.07, 6.45) is 4.36. The fourth-order valence-electron chi connectivity index (χ4n) is 2.71. The Bertz CT molecular complexity index is 1110. The van der Waals surface area contributed by atoms with E-state index in [-0.39, 0.29) is 24.1 Å². The van der Waals surface area contributed by atoms with Crippen molar-refractivity contribution < 1.29 is 24.3 Å². The van der Waals surface area contributed by atoms with E-state index >= 15 is 0 Å². The smallest absolute Gasteiger partial charge is 0.215 e. The van der Waals surface area contributed by atoms with E-state index in [2.05, 4.69) is 54.4 Å². The van der Waals surface area contributed by atoms with Gasteiger partial charge in [-0.1, -0.05) is 44.4 Å². The Morgan fingerprint density at radius 2 is 1.41 bits per heavy atom. The van der Waals surface area contributed by atoms with Crippen LogP contribution in [0.4, 0.5) is 0 Å². The molecule has 37 heavy (non-hydrogen) atoms. The molecule has 0 saturated carbocycles. The fraction of sp³-hybridized carbons (Fsp3) is 0.583. The number of nitrogens with zero attached hydrogens (tertiary/aromatic N) is 6. The summed E-state index contributed by atoms with van der Waals surface area (Å²) in [7, 11) is -2.21. The number of nitriles is 1. The molecule has 0 aliphatic rings. The molecule has 0 spiro atoms. The lowest BCUT2D eigenvalue weighted by Crippen LogP contribution is -2.22. The number of rotatable bonds is 13. The van der Waals surface area contributed by atoms with Crippen LogP contribution >= 0.6 is 0 Å². The maximum atomic E-state index is 11.3. The zero-order valence-corrected chi connectivity index (χ0v) is 25.2. The molecule has 0 bridgehead atoms. The van der Waals surface area contributed by atoms with Crippen molar-refractivity contribution in [2.75, 3.05) is 13.2 Å². The molecule has 0 saturated heterocycles. The van der Waals surface area contributed by atoms with Crippen molar-refractivity contribution in [1.82, 2.24) is 19.1 Å². The Morgan fingerprint density at radius 1 is 0.946 bits per heavy atom. The molecule has 2 rings (SSSR count). The van der Waals surface area contributed by atoms with Crippen LogP contribution in [0.1, 0.15) is 46.5 Å². The van der Waals surface area contributed by atoms with Crippen LogP contribution in [-0.4, -0.2) is 71.5 Å². The summed E-state index contributed by atoms with van der Waals surface area (Å²) < 4.78 is 14.3. The largest absolute Gasteiger partial charge is 0.411 e. The molecule has 1 N–H and O–H groups in total. The van der Waals surface area contributed by atoms with E-state index in [1.807, 2.05) is 6.07 Å². The molecule has 0 unspecified atom stereocenters. The monoisotopic (exact) mass is 548 g/mol. The number of carbonyl (C=O) groups excluding carboxylic acids is 2. The van der Waals surface area contributed by atoms with Gasteiger partial charge in [0, 0.05) is 55.6 Å². The standard InChI is InChI=1S/C12H21N3O3Si.C12H19N3O2Si/c1-10(16)11-8-15(12(14-11)7-13-17)9-18-5-6-19(2,3)4;1-10(16)11-8-15(12(7-13)14-11)9-17-5-6-18(2,3)4/h7-8,17H,5-6,9H2,1-4H3;8H,5-6,9H2,1-4H3/b13-7+;. The molecule has 13 heteroatoms. The highest BCUT2D eigenvalue weighted by Gasteiger charge is 2.15. The first-order chi connectivity index (χ1) is 17.2. The number of hydrogen-bond donors (Lipinski definition) is 1. The van der Waals surface area contributed by atoms with Crippen molar-refractivity contribution in [3.8, 4) is 6.07 Å². The van der Waals surface area contributed by atoms with Gasteiger partial charge in [-0.3, -0.25) is 14.2 Å². The molecule has 2 aromatic rings. The number of oxime groups is 1. The van der Waals surface area contributed by atoms with E-state index in [4.69, 9.17) is 19.9 Å². The Kier molecular flexibility index (Phi) is 12.8. The maximum absolute atomic E-state index is 11.3. The topological polar surface area (TPSA) is 145 Å². The third-order valence-corrected chi connectivity index (χ3v) is 8.44. The van der Waals surface area contributed by atoms with Gasteiger partial charge in [0.15, 0.2) is 17.4 Å². The number of hydrogen-bond acceptors (Lipinski definition) is 9. The van der Waals surface area contributed by atoms with Gasteiger partial charge < -0.3 is 19.2 Å². The molecule has 0 aliphatic heterocycles. The average molecular weight is 549 g/mol. The van der Waals surface area contributed by atoms with Crippen LogP contribution in [-0.2, 0) is 22.9 Å². The molecule has 0 radical (unpaired) electrons. The van der Waals surface area contributed by atoms with E-state index in [0.29, 0.717) is 37.2 Å². The first-order valence-corrected chi connectivity index (χ1v) is 19.5. The molecule has 204 valence electrons. The number of imidazole rings is 2. The number of aromatic nitrogens is 4. The summed E-state index contributed by atoms with van der Waals surface area (Å²) >= 11 is 0. The normalized spacial score (nSPS) is 11.8. The van der Waals surface area contributed by atoms with Crippen molar-refractivity contribution in [2.45, 2.75) is 78.7 Å². The van der Waals surface area contributed by atoms with Crippen LogP contribution in [0.3, 0.4) is 0 Å². The zero-order valence-electron chi connectivity index (χ0n) is 23.2. The molecule has 0 amide bonds. The second-order valence-corrected chi connectivity index (χ2v) is 22.3. The van der Waals surface area contributed by atoms with E-state index in [9.17, 15) is 9.59 Å². The van der Waals surface area contributed by atoms with Gasteiger partial charge in [-0.25, -0.2) is 9.97 Å². The van der Waals surface area contributed by atoms with Crippen molar-refractivity contribution in [3.05, 3.63) is 35.4 Å². The lowest BCUT2D eigenvalue weighted by atomic mass is 10.3. The Balaban J connectivity index is 0.000000371. The summed E-state index contributed by atoms with van der Waals surface area (Å²) in [4.78, 5) is 30.4. The molecule has 0 aromatic carbocycles. The van der Waals surface area contributed by atoms with Crippen LogP contribution < -0.4 is 0 Å². The van der Waals surface area contributed by atoms with E-state index in [0.717, 1.165) is 12.1 Å². The van der Waals surface area contributed by atoms with Crippen LogP contribution in [0.5, 0.6) is 0 Å². The van der Waals surface area contributed by atoms with Gasteiger partial charge in [0.2, 0.25) is 5.82 Å². The first kappa shape index (κ1) is 32.1. The van der Waals surface area contributed by atoms with Crippen molar-refractivity contribution in [3.63, 3.8) is 0 Å². The van der Waals surface area contributed by atoms with E-state index in [1.165, 1.54) is 20.1 Å². The summed E-state index contributed by atoms with van der Waals surface area (Å²) in [5, 5.41) is 20.4. The van der Waals surface area contributed by atoms with Crippen molar-refractivity contribution in [2.24, 2.45) is 5.16 Å². The van der Waals surface area contributed by atoms with Gasteiger partial charge in [-0.15, -0.1) is 0 Å². The maximum Gasteiger partial charge on any atom is 0.215 e. The van der Waals surface area contributed by atoms with E-state index in [1.54, 1.807) is 21.5 Å². The number of carbonyl (C=O) groups is 2. The third-order valence-electron chi connectivity index (χ3n) is 5.03. The highest BCUT2D eigenvalue weighted by atomic mass is 28.3. The second-order valence-electron chi connectivity index (χ2n) is 11.0. The predicted molar refractivity (Wildman–Crippen MR) is 147 cm³/mol. The summed E-state index contributed by atoms with van der Waals surface area (Å²) in [6.45, 7) is 18.5. The van der Waals surface area contributed by atoms with Gasteiger partial charge >= 0.3 is 0 Å². The van der Waals surface area contributed by atoms with Crippen LogP contribution in [0.15, 0.2) is 17.5 Å². The van der Waals surface area contributed by atoms with Gasteiger partial charge in [0.25, 0.3) is 0 Å². The summed E-state index contributed by atoms with van der Waals surface area (Å²) in [5.74, 6) is 0.342. The molecular formula is C24H40N6O5Si2. The van der Waals surface area contributed by atoms with Crippen molar-refractivity contribution >= 4 is 33.9 Å². The zero-order chi connectivity index (χ0) is 28.2. The van der Waals surface area contributed by atoms with Crippen LogP contribution in [0.2, 0.25) is 51.4 Å². The van der Waals surface area contributed by atoms with Gasteiger partial charge in [0.05, 0.1) is 0 Å². The minimum absolute atomic E-state index is 0.131. The van der Waals surface area contributed by atoms with Crippen LogP contribution in [0, 0.1) is 11.3 Å². The molecule has 0 atom stereocenters. The van der Waals surface area contributed by atoms with Gasteiger partial charge in [0.1, 0.15) is 37.1 Å². The Hall–Kier alpha value is -2.93. The Morgan fingerprint density at radius 3 is 1.84 bits per heavy atom. The fourth-order valence-corrected chi connectivity index (χ4v) is 4.23. The molecule has 2 aromatic heterocycles. The van der Waals surface area contributed by atoms with E-state index < -0.39 is 16.1 Å². The number of Topliss-reactive ketones (excluding diaryl/α,β-unsaturated/α-hetero) is 2. The first-order valence-electron chi connectivity index (χ1n) is 12.1. The molecule has 0 aliphatic carbocycles. The quantitative estimate of drug-likeness (QED) is 0.0963. The molecular weight excluding hydrogens is 508 g/mol. The molecule has 0 fully saturated rings. The van der Waals surface area contributed by atoms with Gasteiger partial charge in [-0.2, -0.15) is 5.26 Å². The lowest BCUT2D eigenvalue weighted by molar-refractivity contribution is 0.0863. The SMILES string of the molecule is CC(=O)c1cn(COCC[Si](C)(C)C)c(/C=N/O)n1.CC(=O)c1cn(COCC[Si](C)(C)C)c(C#N)n1. The van der Waals surface area contributed by atoms with Crippen LogP contribution in [0.25, 0.3) is 0 Å². The summed E-state index contributed by atoms with van der Waals surface area (Å²) in [6, 6.07) is 4.10. The average Bonchev–Trinajstić information content (AvgIpc) is 3.38. The number of ether oxygens (including phenoxy) is 2. The lowest BCUT2D eigenvalue weighted by Gasteiger charge is -2.15. The molecule has 11 nitrogen and oxygen atoms in total. The predicted octanol–water partition coefficient (Wildman–Crippen LogP) is 4.48.